The summed E-state index contributed by atoms with van der Waals surface area (Å²) in [5.74, 6) is 1.83. The number of aromatic nitrogens is 2. The molecule has 25 heavy (non-hydrogen) atoms. The molecule has 5 heteroatoms. The average molecular weight is 350 g/mol. The van der Waals surface area contributed by atoms with E-state index in [1.807, 2.05) is 13.0 Å². The molecule has 4 nitrogen and oxygen atoms in total. The van der Waals surface area contributed by atoms with Gasteiger partial charge < -0.3 is 4.90 Å². The lowest BCUT2D eigenvalue weighted by atomic mass is 10.1. The Bertz CT molecular complexity index is 905. The van der Waals surface area contributed by atoms with Gasteiger partial charge in [-0.1, -0.05) is 30.3 Å². The summed E-state index contributed by atoms with van der Waals surface area (Å²) in [6, 6.07) is 10.4. The fourth-order valence-corrected chi connectivity index (χ4v) is 4.00. The van der Waals surface area contributed by atoms with Gasteiger partial charge in [-0.25, -0.2) is 14.8 Å². The summed E-state index contributed by atoms with van der Waals surface area (Å²) in [5, 5.41) is 1.76. The van der Waals surface area contributed by atoms with Crippen LogP contribution in [0.15, 0.2) is 30.3 Å². The normalized spacial score (nSPS) is 10.8. The molecule has 0 saturated heterocycles. The van der Waals surface area contributed by atoms with Gasteiger partial charge in [0.05, 0.1) is 6.57 Å². The second kappa shape index (κ2) is 7.62. The van der Waals surface area contributed by atoms with E-state index in [1.54, 1.807) is 0 Å². The highest BCUT2D eigenvalue weighted by Crippen LogP contribution is 2.40. The molecule has 0 aliphatic heterocycles. The summed E-state index contributed by atoms with van der Waals surface area (Å²) >= 11 is 1.48. The van der Waals surface area contributed by atoms with Crippen LogP contribution in [0, 0.1) is 13.5 Å². The first kappa shape index (κ1) is 17.4. The molecule has 2 aromatic heterocycles. The zero-order valence-electron chi connectivity index (χ0n) is 14.9. The van der Waals surface area contributed by atoms with Gasteiger partial charge in [-0.15, -0.1) is 11.3 Å². The van der Waals surface area contributed by atoms with Crippen molar-refractivity contribution in [3.63, 3.8) is 0 Å². The second-order valence-corrected chi connectivity index (χ2v) is 6.92. The highest BCUT2D eigenvalue weighted by molar-refractivity contribution is 7.22. The minimum Gasteiger partial charge on any atom is -0.357 e. The highest BCUT2D eigenvalue weighted by atomic mass is 32.1. The van der Waals surface area contributed by atoms with Crippen molar-refractivity contribution >= 4 is 32.4 Å². The van der Waals surface area contributed by atoms with Crippen molar-refractivity contribution in [2.45, 2.75) is 33.6 Å². The first-order valence-electron chi connectivity index (χ1n) is 8.64. The molecule has 0 bridgehead atoms. The molecule has 0 aliphatic rings. The molecule has 2 heterocycles. The molecule has 128 valence electrons. The molecule has 3 aromatic rings. The van der Waals surface area contributed by atoms with Gasteiger partial charge in [0.2, 0.25) is 5.00 Å². The van der Waals surface area contributed by atoms with Crippen LogP contribution in [0.25, 0.3) is 15.1 Å². The lowest BCUT2D eigenvalue weighted by Gasteiger charge is -2.21. The first-order valence-corrected chi connectivity index (χ1v) is 9.45. The molecule has 3 rings (SSSR count). The van der Waals surface area contributed by atoms with Crippen molar-refractivity contribution < 1.29 is 0 Å². The minimum absolute atomic E-state index is 0.720. The number of benzene rings is 1. The van der Waals surface area contributed by atoms with Crippen LogP contribution in [0.3, 0.4) is 0 Å². The standard InChI is InChI=1S/C20H22N4S/c1-5-24(6-2)18-17-14(3)19(21-4)25-20(17)23-16(22-18)13-12-15-10-8-7-9-11-15/h7-11H,5-6,12-13H2,1-3H3. The number of anilines is 1. The monoisotopic (exact) mass is 350 g/mol. The van der Waals surface area contributed by atoms with Crippen molar-refractivity contribution in [3.8, 4) is 0 Å². The van der Waals surface area contributed by atoms with Crippen LogP contribution in [0.2, 0.25) is 0 Å². The molecule has 0 amide bonds. The summed E-state index contributed by atoms with van der Waals surface area (Å²) in [7, 11) is 0. The van der Waals surface area contributed by atoms with E-state index in [1.165, 1.54) is 16.9 Å². The third kappa shape index (κ3) is 3.49. The smallest absolute Gasteiger partial charge is 0.246 e. The molecule has 0 N–H and O–H groups in total. The van der Waals surface area contributed by atoms with E-state index in [2.05, 4.69) is 47.9 Å². The SMILES string of the molecule is [C-]#[N+]c1sc2nc(CCc3ccccc3)nc(N(CC)CC)c2c1C. The van der Waals surface area contributed by atoms with Gasteiger partial charge in [-0.3, -0.25) is 0 Å². The van der Waals surface area contributed by atoms with Crippen LogP contribution in [0.1, 0.15) is 30.8 Å². The maximum atomic E-state index is 7.41. The van der Waals surface area contributed by atoms with Gasteiger partial charge in [0.15, 0.2) is 0 Å². The van der Waals surface area contributed by atoms with Crippen molar-refractivity contribution in [1.82, 2.24) is 9.97 Å². The average Bonchev–Trinajstić information content (AvgIpc) is 2.97. The summed E-state index contributed by atoms with van der Waals surface area (Å²) in [5.41, 5.74) is 2.30. The molecule has 0 fully saturated rings. The van der Waals surface area contributed by atoms with Gasteiger partial charge in [0.1, 0.15) is 16.5 Å². The molecule has 0 aliphatic carbocycles. The van der Waals surface area contributed by atoms with E-state index in [9.17, 15) is 0 Å². The van der Waals surface area contributed by atoms with Crippen molar-refractivity contribution in [1.29, 1.82) is 0 Å². The Labute approximate surface area is 153 Å². The number of fused-ring (bicyclic) bond motifs is 1. The number of nitrogens with zero attached hydrogens (tertiary/aromatic N) is 4. The molecule has 0 unspecified atom stereocenters. The zero-order valence-corrected chi connectivity index (χ0v) is 15.7. The quantitative estimate of drug-likeness (QED) is 0.574. The lowest BCUT2D eigenvalue weighted by molar-refractivity contribution is 0.817. The van der Waals surface area contributed by atoms with Crippen molar-refractivity contribution in [3.05, 3.63) is 58.7 Å². The van der Waals surface area contributed by atoms with Crippen LogP contribution < -0.4 is 4.90 Å². The van der Waals surface area contributed by atoms with E-state index in [4.69, 9.17) is 16.5 Å². The maximum absolute atomic E-state index is 7.41. The zero-order chi connectivity index (χ0) is 17.8. The van der Waals surface area contributed by atoms with Gasteiger partial charge in [-0.05, 0) is 38.3 Å². The van der Waals surface area contributed by atoms with Crippen LogP contribution in [0.4, 0.5) is 10.8 Å². The van der Waals surface area contributed by atoms with E-state index >= 15 is 0 Å². The second-order valence-electron chi connectivity index (χ2n) is 5.95. The summed E-state index contributed by atoms with van der Waals surface area (Å²) in [6.07, 6.45) is 1.72. The molecule has 1 aromatic carbocycles. The minimum atomic E-state index is 0.720. The third-order valence-electron chi connectivity index (χ3n) is 4.44. The fraction of sp³-hybridized carbons (Fsp3) is 0.350. The summed E-state index contributed by atoms with van der Waals surface area (Å²) in [6.45, 7) is 15.5. The Kier molecular flexibility index (Phi) is 5.30. The Morgan fingerprint density at radius 1 is 1.08 bits per heavy atom. The predicted molar refractivity (Wildman–Crippen MR) is 106 cm³/mol. The number of hydrogen-bond acceptors (Lipinski definition) is 4. The summed E-state index contributed by atoms with van der Waals surface area (Å²) < 4.78 is 0. The highest BCUT2D eigenvalue weighted by Gasteiger charge is 2.19. The Hall–Kier alpha value is -2.45. The number of thiophene rings is 1. The number of aryl methyl sites for hydroxylation is 3. The van der Waals surface area contributed by atoms with Crippen molar-refractivity contribution in [2.24, 2.45) is 0 Å². The molecule has 0 spiro atoms. The van der Waals surface area contributed by atoms with Gasteiger partial charge in [0.25, 0.3) is 0 Å². The Morgan fingerprint density at radius 2 is 1.80 bits per heavy atom. The molecular weight excluding hydrogens is 328 g/mol. The molecule has 0 saturated carbocycles. The van der Waals surface area contributed by atoms with Crippen LogP contribution in [0.5, 0.6) is 0 Å². The van der Waals surface area contributed by atoms with E-state index in [-0.39, 0.29) is 0 Å². The summed E-state index contributed by atoms with van der Waals surface area (Å²) in [4.78, 5) is 16.5. The Balaban J connectivity index is 2.03. The Morgan fingerprint density at radius 3 is 2.44 bits per heavy atom. The fourth-order valence-electron chi connectivity index (χ4n) is 3.02. The lowest BCUT2D eigenvalue weighted by Crippen LogP contribution is -2.24. The van der Waals surface area contributed by atoms with Gasteiger partial charge in [-0.2, -0.15) is 0 Å². The largest absolute Gasteiger partial charge is 0.357 e. The predicted octanol–water partition coefficient (Wildman–Crippen LogP) is 5.18. The van der Waals surface area contributed by atoms with Crippen LogP contribution in [-0.2, 0) is 12.8 Å². The van der Waals surface area contributed by atoms with Crippen LogP contribution >= 0.6 is 11.3 Å². The topological polar surface area (TPSA) is 33.4 Å². The van der Waals surface area contributed by atoms with E-state index in [0.29, 0.717) is 0 Å². The molecule has 0 radical (unpaired) electrons. The van der Waals surface area contributed by atoms with Gasteiger partial charge in [0, 0.05) is 24.9 Å². The first-order chi connectivity index (χ1) is 12.2. The molecule has 0 atom stereocenters. The third-order valence-corrected chi connectivity index (χ3v) is 5.52. The maximum Gasteiger partial charge on any atom is 0.246 e. The van der Waals surface area contributed by atoms with E-state index < -0.39 is 0 Å². The molecular formula is C20H22N4S. The number of rotatable bonds is 6. The number of hydrogen-bond donors (Lipinski definition) is 0. The van der Waals surface area contributed by atoms with E-state index in [0.717, 1.165) is 58.4 Å². The van der Waals surface area contributed by atoms with Gasteiger partial charge >= 0.3 is 0 Å². The van der Waals surface area contributed by atoms with Crippen molar-refractivity contribution in [2.75, 3.05) is 18.0 Å². The van der Waals surface area contributed by atoms with Crippen LogP contribution in [-0.4, -0.2) is 23.1 Å².